The lowest BCUT2D eigenvalue weighted by atomic mass is 9.89. The molecule has 0 aromatic heterocycles. The minimum atomic E-state index is -0.285. The summed E-state index contributed by atoms with van der Waals surface area (Å²) in [5.41, 5.74) is 5.34. The smallest absolute Gasteiger partial charge is 0.228 e. The molecule has 0 heterocycles. The predicted molar refractivity (Wildman–Crippen MR) is 67.1 cm³/mol. The number of amides is 1. The van der Waals surface area contributed by atoms with Crippen LogP contribution in [0.5, 0.6) is 0 Å². The summed E-state index contributed by atoms with van der Waals surface area (Å²) in [4.78, 5) is 14.4. The van der Waals surface area contributed by atoms with Crippen LogP contribution in [0.4, 0.5) is 0 Å². The van der Waals surface area contributed by atoms with Crippen molar-refractivity contribution in [3.05, 3.63) is 0 Å². The van der Waals surface area contributed by atoms with E-state index in [1.807, 2.05) is 25.7 Å². The number of carbonyl (C=O) groups is 1. The van der Waals surface area contributed by atoms with Crippen LogP contribution in [-0.4, -0.2) is 29.9 Å². The van der Waals surface area contributed by atoms with Gasteiger partial charge in [0.05, 0.1) is 0 Å². The minimum Gasteiger partial charge on any atom is -0.338 e. The first kappa shape index (κ1) is 13.5. The highest BCUT2D eigenvalue weighted by Gasteiger charge is 2.31. The van der Waals surface area contributed by atoms with Gasteiger partial charge in [-0.05, 0) is 12.8 Å². The van der Waals surface area contributed by atoms with Crippen molar-refractivity contribution in [2.24, 2.45) is 11.1 Å². The molecule has 0 atom stereocenters. The van der Waals surface area contributed by atoms with Crippen molar-refractivity contribution in [2.75, 3.05) is 13.1 Å². The van der Waals surface area contributed by atoms with Crippen LogP contribution in [0, 0.1) is 5.41 Å². The van der Waals surface area contributed by atoms with Gasteiger partial charge in [0.2, 0.25) is 5.91 Å². The maximum atomic E-state index is 12.3. The minimum absolute atomic E-state index is 0.254. The van der Waals surface area contributed by atoms with Crippen LogP contribution in [0.2, 0.25) is 0 Å². The van der Waals surface area contributed by atoms with Gasteiger partial charge >= 0.3 is 0 Å². The molecule has 0 aromatic carbocycles. The molecule has 1 fully saturated rings. The van der Waals surface area contributed by atoms with Crippen molar-refractivity contribution >= 4 is 5.91 Å². The van der Waals surface area contributed by atoms with Gasteiger partial charge in [0.15, 0.2) is 0 Å². The molecule has 2 N–H and O–H groups in total. The number of rotatable bonds is 3. The molecule has 1 rings (SSSR count). The zero-order valence-corrected chi connectivity index (χ0v) is 11.0. The molecule has 1 amide bonds. The topological polar surface area (TPSA) is 46.3 Å². The van der Waals surface area contributed by atoms with Gasteiger partial charge in [-0.1, -0.05) is 40.0 Å². The first-order chi connectivity index (χ1) is 7.46. The lowest BCUT2D eigenvalue weighted by Crippen LogP contribution is -2.48. The lowest BCUT2D eigenvalue weighted by Gasteiger charge is -2.37. The van der Waals surface area contributed by atoms with E-state index in [1.54, 1.807) is 0 Å². The molecule has 3 heteroatoms. The molecule has 1 aliphatic carbocycles. The number of nitrogens with zero attached hydrogens (tertiary/aromatic N) is 1. The SMILES string of the molecule is CC(C)(C)C(=O)N(CCN)C1CCCCC1. The number of nitrogens with two attached hydrogens (primary N) is 1. The molecule has 0 aliphatic heterocycles. The number of hydrogen-bond acceptors (Lipinski definition) is 2. The van der Waals surface area contributed by atoms with Crippen LogP contribution in [-0.2, 0) is 4.79 Å². The molecule has 0 saturated heterocycles. The van der Waals surface area contributed by atoms with E-state index in [9.17, 15) is 4.79 Å². The lowest BCUT2D eigenvalue weighted by molar-refractivity contribution is -0.142. The average molecular weight is 226 g/mol. The van der Waals surface area contributed by atoms with Gasteiger partial charge in [-0.15, -0.1) is 0 Å². The summed E-state index contributed by atoms with van der Waals surface area (Å²) in [6, 6.07) is 0.434. The van der Waals surface area contributed by atoms with E-state index in [0.29, 0.717) is 19.1 Å². The standard InChI is InChI=1S/C13H26N2O/c1-13(2,3)12(16)15(10-9-14)11-7-5-4-6-8-11/h11H,4-10,14H2,1-3H3. The molecular weight excluding hydrogens is 200 g/mol. The molecule has 16 heavy (non-hydrogen) atoms. The van der Waals surface area contributed by atoms with Crippen LogP contribution in [0.3, 0.4) is 0 Å². The Labute approximate surface area is 99.4 Å². The van der Waals surface area contributed by atoms with E-state index in [0.717, 1.165) is 12.8 Å². The van der Waals surface area contributed by atoms with Crippen molar-refractivity contribution < 1.29 is 4.79 Å². The van der Waals surface area contributed by atoms with Gasteiger partial charge in [-0.2, -0.15) is 0 Å². The summed E-state index contributed by atoms with van der Waals surface area (Å²) in [6.07, 6.45) is 6.13. The molecule has 0 radical (unpaired) electrons. The summed E-state index contributed by atoms with van der Waals surface area (Å²) < 4.78 is 0. The highest BCUT2D eigenvalue weighted by Crippen LogP contribution is 2.26. The Morgan fingerprint density at radius 1 is 1.25 bits per heavy atom. The monoisotopic (exact) mass is 226 g/mol. The molecule has 1 aliphatic rings. The fourth-order valence-electron chi connectivity index (χ4n) is 2.41. The fraction of sp³-hybridized carbons (Fsp3) is 0.923. The van der Waals surface area contributed by atoms with Gasteiger partial charge in [-0.25, -0.2) is 0 Å². The third-order valence-electron chi connectivity index (χ3n) is 3.29. The normalized spacial score (nSPS) is 18.5. The number of hydrogen-bond donors (Lipinski definition) is 1. The molecular formula is C13H26N2O. The van der Waals surface area contributed by atoms with E-state index >= 15 is 0 Å². The van der Waals surface area contributed by atoms with Crippen LogP contribution in [0.25, 0.3) is 0 Å². The van der Waals surface area contributed by atoms with E-state index in [2.05, 4.69) is 0 Å². The van der Waals surface area contributed by atoms with E-state index < -0.39 is 0 Å². The predicted octanol–water partition coefficient (Wildman–Crippen LogP) is 2.15. The molecule has 1 saturated carbocycles. The Bertz CT molecular complexity index is 227. The van der Waals surface area contributed by atoms with Crippen molar-refractivity contribution in [3.63, 3.8) is 0 Å². The zero-order valence-electron chi connectivity index (χ0n) is 11.0. The summed E-state index contributed by atoms with van der Waals surface area (Å²) in [6.45, 7) is 7.24. The molecule has 0 aromatic rings. The quantitative estimate of drug-likeness (QED) is 0.801. The van der Waals surface area contributed by atoms with Crippen molar-refractivity contribution in [3.8, 4) is 0 Å². The molecule has 0 unspecified atom stereocenters. The zero-order chi connectivity index (χ0) is 12.2. The number of carbonyl (C=O) groups excluding carboxylic acids is 1. The maximum absolute atomic E-state index is 12.3. The Kier molecular flexibility index (Phi) is 4.78. The average Bonchev–Trinajstić information content (AvgIpc) is 2.25. The van der Waals surface area contributed by atoms with Gasteiger partial charge in [0.25, 0.3) is 0 Å². The van der Waals surface area contributed by atoms with E-state index in [1.165, 1.54) is 19.3 Å². The summed E-state index contributed by atoms with van der Waals surface area (Å²) in [5, 5.41) is 0. The Morgan fingerprint density at radius 2 is 1.81 bits per heavy atom. The van der Waals surface area contributed by atoms with Crippen molar-refractivity contribution in [1.82, 2.24) is 4.90 Å². The van der Waals surface area contributed by atoms with Gasteiger partial charge in [0, 0.05) is 24.5 Å². The van der Waals surface area contributed by atoms with Crippen molar-refractivity contribution in [2.45, 2.75) is 58.9 Å². The summed E-state index contributed by atoms with van der Waals surface area (Å²) in [7, 11) is 0. The summed E-state index contributed by atoms with van der Waals surface area (Å²) in [5.74, 6) is 0.254. The van der Waals surface area contributed by atoms with E-state index in [4.69, 9.17) is 5.73 Å². The molecule has 0 spiro atoms. The summed E-state index contributed by atoms with van der Waals surface area (Å²) >= 11 is 0. The first-order valence-electron chi connectivity index (χ1n) is 6.48. The van der Waals surface area contributed by atoms with Crippen LogP contribution in [0.1, 0.15) is 52.9 Å². The Hall–Kier alpha value is -0.570. The second kappa shape index (κ2) is 5.67. The highest BCUT2D eigenvalue weighted by molar-refractivity contribution is 5.81. The Morgan fingerprint density at radius 3 is 2.25 bits per heavy atom. The van der Waals surface area contributed by atoms with Crippen molar-refractivity contribution in [1.29, 1.82) is 0 Å². The van der Waals surface area contributed by atoms with E-state index in [-0.39, 0.29) is 11.3 Å². The fourth-order valence-corrected chi connectivity index (χ4v) is 2.41. The first-order valence-corrected chi connectivity index (χ1v) is 6.48. The Balaban J connectivity index is 2.69. The largest absolute Gasteiger partial charge is 0.338 e. The molecule has 0 bridgehead atoms. The second-order valence-electron chi connectivity index (χ2n) is 5.83. The third-order valence-corrected chi connectivity index (χ3v) is 3.29. The van der Waals surface area contributed by atoms with Gasteiger partial charge in [0.1, 0.15) is 0 Å². The van der Waals surface area contributed by atoms with Gasteiger partial charge < -0.3 is 10.6 Å². The van der Waals surface area contributed by atoms with Crippen LogP contribution >= 0.6 is 0 Å². The second-order valence-corrected chi connectivity index (χ2v) is 5.83. The highest BCUT2D eigenvalue weighted by atomic mass is 16.2. The molecule has 3 nitrogen and oxygen atoms in total. The third kappa shape index (κ3) is 3.48. The molecule has 94 valence electrons. The van der Waals surface area contributed by atoms with Crippen LogP contribution in [0.15, 0.2) is 0 Å². The van der Waals surface area contributed by atoms with Gasteiger partial charge in [-0.3, -0.25) is 4.79 Å². The maximum Gasteiger partial charge on any atom is 0.228 e. The van der Waals surface area contributed by atoms with Crippen LogP contribution < -0.4 is 5.73 Å².